The van der Waals surface area contributed by atoms with Crippen LogP contribution >= 0.6 is 11.8 Å². The van der Waals surface area contributed by atoms with Crippen LogP contribution in [0.3, 0.4) is 0 Å². The maximum Gasteiger partial charge on any atom is 0.338 e. The molecule has 0 radical (unpaired) electrons. The number of aliphatic imine (C=N–C) groups is 1. The maximum atomic E-state index is 12.8. The van der Waals surface area contributed by atoms with Crippen molar-refractivity contribution in [2.45, 2.75) is 45.6 Å². The van der Waals surface area contributed by atoms with Gasteiger partial charge >= 0.3 is 5.97 Å². The lowest BCUT2D eigenvalue weighted by Gasteiger charge is -2.36. The van der Waals surface area contributed by atoms with Crippen molar-refractivity contribution in [1.29, 1.82) is 0 Å². The second kappa shape index (κ2) is 10.6. The number of rotatable bonds is 7. The van der Waals surface area contributed by atoms with Crippen LogP contribution in [0.2, 0.25) is 0 Å². The molecular formula is C25H32N4O3S. The number of nitrogens with one attached hydrogen (secondary N) is 1. The van der Waals surface area contributed by atoms with Crippen LogP contribution in [0, 0.1) is 6.92 Å². The van der Waals surface area contributed by atoms with Crippen molar-refractivity contribution >= 4 is 28.8 Å². The Morgan fingerprint density at radius 3 is 2.58 bits per heavy atom. The highest BCUT2D eigenvalue weighted by atomic mass is 32.2. The van der Waals surface area contributed by atoms with Gasteiger partial charge in [0.2, 0.25) is 5.91 Å². The molecule has 1 aromatic rings. The number of carbonyl (C=O) groups is 2. The zero-order valence-corrected chi connectivity index (χ0v) is 20.4. The SMILES string of the molecule is COC(=O)C1=C(C)N=C2SC=C(CC(=O)NCCN3CCCCC3)N2[C@@H]1c1ccc(C)cc1. The van der Waals surface area contributed by atoms with Gasteiger partial charge in [0, 0.05) is 18.8 Å². The molecule has 0 aromatic heterocycles. The fourth-order valence-electron chi connectivity index (χ4n) is 4.57. The van der Waals surface area contributed by atoms with Gasteiger partial charge in [-0.3, -0.25) is 4.79 Å². The summed E-state index contributed by atoms with van der Waals surface area (Å²) in [6, 6.07) is 7.74. The second-order valence-corrected chi connectivity index (χ2v) is 9.56. The molecule has 1 amide bonds. The Morgan fingerprint density at radius 2 is 1.88 bits per heavy atom. The quantitative estimate of drug-likeness (QED) is 0.615. The number of hydrogen-bond acceptors (Lipinski definition) is 7. The zero-order valence-electron chi connectivity index (χ0n) is 19.6. The van der Waals surface area contributed by atoms with E-state index in [1.54, 1.807) is 0 Å². The van der Waals surface area contributed by atoms with Gasteiger partial charge in [-0.25, -0.2) is 9.79 Å². The third-order valence-electron chi connectivity index (χ3n) is 6.34. The Hall–Kier alpha value is -2.58. The summed E-state index contributed by atoms with van der Waals surface area (Å²) in [5.74, 6) is -0.420. The van der Waals surface area contributed by atoms with Gasteiger partial charge in [-0.2, -0.15) is 0 Å². The minimum absolute atomic E-state index is 0.0198. The number of piperidine rings is 1. The Balaban J connectivity index is 1.50. The molecule has 1 aromatic carbocycles. The van der Waals surface area contributed by atoms with Crippen molar-refractivity contribution in [3.63, 3.8) is 0 Å². The lowest BCUT2D eigenvalue weighted by atomic mass is 9.93. The summed E-state index contributed by atoms with van der Waals surface area (Å²) in [6.45, 7) is 7.64. The smallest absolute Gasteiger partial charge is 0.338 e. The van der Waals surface area contributed by atoms with Crippen molar-refractivity contribution in [1.82, 2.24) is 15.1 Å². The molecule has 0 spiro atoms. The molecule has 3 aliphatic heterocycles. The molecule has 1 saturated heterocycles. The number of aryl methyl sites for hydroxylation is 1. The number of likely N-dealkylation sites (tertiary alicyclic amines) is 1. The highest BCUT2D eigenvalue weighted by molar-refractivity contribution is 8.16. The first-order chi connectivity index (χ1) is 16.0. The molecule has 0 aliphatic carbocycles. The summed E-state index contributed by atoms with van der Waals surface area (Å²) in [5, 5.41) is 5.82. The minimum Gasteiger partial charge on any atom is -0.466 e. The highest BCUT2D eigenvalue weighted by Gasteiger charge is 2.40. The van der Waals surface area contributed by atoms with Crippen LogP contribution in [0.1, 0.15) is 49.8 Å². The van der Waals surface area contributed by atoms with Crippen LogP contribution < -0.4 is 5.32 Å². The highest BCUT2D eigenvalue weighted by Crippen LogP contribution is 2.44. The van der Waals surface area contributed by atoms with E-state index in [4.69, 9.17) is 4.74 Å². The van der Waals surface area contributed by atoms with Crippen LogP contribution in [-0.2, 0) is 14.3 Å². The van der Waals surface area contributed by atoms with E-state index in [1.165, 1.54) is 38.1 Å². The molecule has 1 fully saturated rings. The van der Waals surface area contributed by atoms with Gasteiger partial charge in [0.1, 0.15) is 0 Å². The lowest BCUT2D eigenvalue weighted by molar-refractivity contribution is -0.136. The fourth-order valence-corrected chi connectivity index (χ4v) is 5.53. The largest absolute Gasteiger partial charge is 0.466 e. The van der Waals surface area contributed by atoms with Crippen LogP contribution in [0.25, 0.3) is 0 Å². The Morgan fingerprint density at radius 1 is 1.15 bits per heavy atom. The van der Waals surface area contributed by atoms with Crippen molar-refractivity contribution in [2.24, 2.45) is 4.99 Å². The molecule has 4 rings (SSSR count). The summed E-state index contributed by atoms with van der Waals surface area (Å²) in [6.07, 6.45) is 4.02. The summed E-state index contributed by atoms with van der Waals surface area (Å²) >= 11 is 1.49. The summed E-state index contributed by atoms with van der Waals surface area (Å²) < 4.78 is 5.11. The van der Waals surface area contributed by atoms with Gasteiger partial charge in [-0.15, -0.1) is 0 Å². The first kappa shape index (κ1) is 23.6. The normalized spacial score (nSPS) is 20.8. The van der Waals surface area contributed by atoms with Crippen molar-refractivity contribution in [3.8, 4) is 0 Å². The number of esters is 1. The third-order valence-corrected chi connectivity index (χ3v) is 7.23. The number of ether oxygens (including phenoxy) is 1. The molecule has 7 nitrogen and oxygen atoms in total. The molecule has 1 N–H and O–H groups in total. The van der Waals surface area contributed by atoms with E-state index in [2.05, 4.69) is 15.2 Å². The van der Waals surface area contributed by atoms with Gasteiger partial charge < -0.3 is 19.9 Å². The van der Waals surface area contributed by atoms with E-state index in [0.29, 0.717) is 17.8 Å². The van der Waals surface area contributed by atoms with Gasteiger partial charge in [0.05, 0.1) is 30.8 Å². The molecule has 0 saturated carbocycles. The first-order valence-corrected chi connectivity index (χ1v) is 12.4. The van der Waals surface area contributed by atoms with Crippen molar-refractivity contribution in [3.05, 3.63) is 57.8 Å². The van der Waals surface area contributed by atoms with E-state index in [0.717, 1.165) is 41.6 Å². The number of thioether (sulfide) groups is 1. The number of fused-ring (bicyclic) bond motifs is 1. The summed E-state index contributed by atoms with van der Waals surface area (Å²) in [4.78, 5) is 34.6. The van der Waals surface area contributed by atoms with Crippen LogP contribution in [0.15, 0.2) is 51.6 Å². The number of methoxy groups -OCH3 is 1. The standard InChI is InChI=1S/C25H32N4O3S/c1-17-7-9-19(10-8-17)23-22(24(31)32-3)18(2)27-25-29(23)20(16-33-25)15-21(30)26-11-14-28-12-5-4-6-13-28/h7-10,16,23H,4-6,11-15H2,1-3H3,(H,26,30)/t23-/m1/s1. The number of nitrogens with zero attached hydrogens (tertiary/aromatic N) is 3. The zero-order chi connectivity index (χ0) is 23.4. The Bertz CT molecular complexity index is 993. The van der Waals surface area contributed by atoms with Crippen LogP contribution in [0.5, 0.6) is 0 Å². The average Bonchev–Trinajstić information content (AvgIpc) is 3.20. The van der Waals surface area contributed by atoms with Gasteiger partial charge in [0.15, 0.2) is 5.17 Å². The molecule has 33 heavy (non-hydrogen) atoms. The molecule has 3 aliphatic rings. The fraction of sp³-hybridized carbons (Fsp3) is 0.480. The van der Waals surface area contributed by atoms with Crippen molar-refractivity contribution in [2.75, 3.05) is 33.3 Å². The Labute approximate surface area is 199 Å². The van der Waals surface area contributed by atoms with E-state index in [-0.39, 0.29) is 18.4 Å². The van der Waals surface area contributed by atoms with Gasteiger partial charge in [-0.05, 0) is 50.8 Å². The Kier molecular flexibility index (Phi) is 7.55. The number of carbonyl (C=O) groups excluding carboxylic acids is 2. The molecule has 1 atom stereocenters. The van der Waals surface area contributed by atoms with Gasteiger partial charge in [-0.1, -0.05) is 48.0 Å². The average molecular weight is 469 g/mol. The van der Waals surface area contributed by atoms with E-state index < -0.39 is 5.97 Å². The summed E-state index contributed by atoms with van der Waals surface area (Å²) in [5.41, 5.74) is 4.10. The molecular weight excluding hydrogens is 436 g/mol. The molecule has 8 heteroatoms. The van der Waals surface area contributed by atoms with E-state index in [9.17, 15) is 9.59 Å². The third kappa shape index (κ3) is 5.33. The number of amidine groups is 1. The number of hydrogen-bond donors (Lipinski definition) is 1. The lowest BCUT2D eigenvalue weighted by Crippen LogP contribution is -2.39. The van der Waals surface area contributed by atoms with Crippen molar-refractivity contribution < 1.29 is 14.3 Å². The maximum absolute atomic E-state index is 12.8. The monoisotopic (exact) mass is 468 g/mol. The van der Waals surface area contributed by atoms with E-state index >= 15 is 0 Å². The predicted molar refractivity (Wildman–Crippen MR) is 132 cm³/mol. The van der Waals surface area contributed by atoms with Crippen LogP contribution in [0.4, 0.5) is 0 Å². The first-order valence-electron chi connectivity index (χ1n) is 11.6. The number of amides is 1. The second-order valence-electron chi connectivity index (χ2n) is 8.72. The molecule has 0 bridgehead atoms. The predicted octanol–water partition coefficient (Wildman–Crippen LogP) is 3.74. The molecule has 0 unspecified atom stereocenters. The van der Waals surface area contributed by atoms with E-state index in [1.807, 2.05) is 48.4 Å². The minimum atomic E-state index is -0.400. The topological polar surface area (TPSA) is 74.2 Å². The summed E-state index contributed by atoms with van der Waals surface area (Å²) in [7, 11) is 1.39. The number of benzene rings is 1. The van der Waals surface area contributed by atoms with Gasteiger partial charge in [0.25, 0.3) is 0 Å². The molecule has 176 valence electrons. The number of allylic oxidation sites excluding steroid dienone is 1. The van der Waals surface area contributed by atoms with Crippen LogP contribution in [-0.4, -0.2) is 60.1 Å². The molecule has 3 heterocycles.